The number of ketones is 6. The van der Waals surface area contributed by atoms with Crippen LogP contribution in [0.15, 0.2) is 224 Å². The standard InChI is InChI=1S/C19H17Cl2NO3.C19H19NO5.C18H15Cl2NO4.C18H15Cl2NO3.C17H13Cl2NO3.C17H11Cl2NO2.CH4/c1-11-3-5-12(6-4-11)15(24)9-19(10-23)16-13(20)7-8-14(21)17(16)22(2)18(19)25;1-11-3-5-12(6-4-11)14(22)9-19(24)16-13(10-21)7-8-15(25-2)17(16)20-18(19)23;1-25-11-4-2-10(3-5-11)14(23)8-18(9-22)15-12(19)6-7-13(20)16(15)21-17(18)24;1-10-3-5-11(6-4-10)14(22)9-18(24)15-12(19)7-8-13(20)16(15)21(2)17(18)23;1-9-2-4-10(5-3-9)13(21)8-17(23)14-11(18)6-7-12(19)15(14)20-16(17)22;1-9-2-4-10(5-3-9)14(21)8-11-15-12(18)6-7-13(19)16(15)20-17(11)22;/h3-8,23H,9-10H2,1-2H3;3-8,21,24H,9-10H2,1-2H3,(H,20,23);2-7,22H,8-9H2,1H3,(H,21,24);3-8,24H,9H2,1-2H3;2-7,23H,8H2,1H3,(H,20,22);2-8H,1H3,(H,20,22);1H4/b;;;;;11-8-;. The zero-order valence-electron chi connectivity index (χ0n) is 78.1. The second kappa shape index (κ2) is 45.6. The van der Waals surface area contributed by atoms with E-state index in [9.17, 15) is 88.2 Å². The van der Waals surface area contributed by atoms with Gasteiger partial charge in [-0.2, -0.15) is 0 Å². The number of benzene rings is 12. The molecule has 145 heavy (non-hydrogen) atoms. The van der Waals surface area contributed by atoms with Gasteiger partial charge in [0.05, 0.1) is 123 Å². The Kier molecular flexibility index (Phi) is 35.0. The molecule has 0 saturated carbocycles. The Morgan fingerprint density at radius 3 is 1.09 bits per heavy atom. The minimum Gasteiger partial charge on any atom is -0.497 e. The summed E-state index contributed by atoms with van der Waals surface area (Å²) in [7, 11) is 6.03. The first kappa shape index (κ1) is 111. The topological polar surface area (TPSA) is 399 Å². The predicted molar refractivity (Wildman–Crippen MR) is 564 cm³/mol. The van der Waals surface area contributed by atoms with Crippen LogP contribution in [0.1, 0.15) is 168 Å². The highest BCUT2D eigenvalue weighted by Gasteiger charge is 2.57. The number of anilines is 6. The molecule has 5 atom stereocenters. The summed E-state index contributed by atoms with van der Waals surface area (Å²) < 4.78 is 10.3. The molecular weight excluding hydrogens is 2070 g/mol. The molecule has 10 N–H and O–H groups in total. The Morgan fingerprint density at radius 2 is 0.662 bits per heavy atom. The number of aliphatic hydroxyl groups excluding tert-OH is 3. The lowest BCUT2D eigenvalue weighted by molar-refractivity contribution is -0.135. The van der Waals surface area contributed by atoms with Crippen LogP contribution in [0.3, 0.4) is 0 Å². The number of nitrogens with one attached hydrogen (secondary N) is 4. The fourth-order valence-electron chi connectivity index (χ4n) is 17.4. The highest BCUT2D eigenvalue weighted by Crippen LogP contribution is 2.55. The van der Waals surface area contributed by atoms with Crippen LogP contribution >= 0.6 is 116 Å². The second-order valence-corrected chi connectivity index (χ2v) is 38.8. The Morgan fingerprint density at radius 1 is 0.331 bits per heavy atom. The molecule has 0 aromatic heterocycles. The monoisotopic (exact) mass is 2160 g/mol. The number of likely N-dealkylation sites (N-methyl/N-ethyl adjacent to an activating group) is 2. The minimum absolute atomic E-state index is 0. The number of halogens is 10. The SMILES string of the molecule is C.COc1ccc(C(=O)CC2(CO)C(=O)Nc3c(Cl)ccc(Cl)c32)cc1.COc1ccc(CO)c2c1NC(=O)C2(O)CC(=O)c1ccc(C)cc1.Cc1ccc(C(=O)/C=C2\C(=O)Nc3c(Cl)ccc(Cl)c32)cc1.Cc1ccc(C(=O)CC2(CO)C(=O)N(C)c3c(Cl)ccc(Cl)c32)cc1.Cc1ccc(C(=O)CC2(O)C(=O)N(C)c3c(Cl)ccc(Cl)c32)cc1.Cc1ccc(C(=O)CC2(O)C(=O)Nc3c(Cl)ccc(Cl)c32)cc1. The Hall–Kier alpha value is -12.5. The quantitative estimate of drug-likeness (QED) is 0.0222. The van der Waals surface area contributed by atoms with Crippen molar-refractivity contribution < 1.29 is 97.6 Å². The number of allylic oxidation sites excluding steroid dienone is 1. The minimum atomic E-state index is -2.05. The van der Waals surface area contributed by atoms with E-state index in [1.807, 2.05) is 58.9 Å². The summed E-state index contributed by atoms with van der Waals surface area (Å²) in [5, 5.41) is 75.9. The lowest BCUT2D eigenvalue weighted by Crippen LogP contribution is -2.43. The molecule has 0 aliphatic carbocycles. The van der Waals surface area contributed by atoms with E-state index in [-0.39, 0.29) is 121 Å². The molecule has 6 amide bonds. The van der Waals surface area contributed by atoms with Crippen molar-refractivity contribution in [2.24, 2.45) is 0 Å². The van der Waals surface area contributed by atoms with Gasteiger partial charge in [-0.05, 0) is 137 Å². The fraction of sp³-hybridized carbons (Fsp3) is 0.211. The number of amides is 6. The average molecular weight is 2160 g/mol. The molecule has 0 radical (unpaired) electrons. The van der Waals surface area contributed by atoms with Gasteiger partial charge >= 0.3 is 0 Å². The van der Waals surface area contributed by atoms with Crippen molar-refractivity contribution in [2.45, 2.75) is 108 Å². The highest BCUT2D eigenvalue weighted by molar-refractivity contribution is 6.46. The van der Waals surface area contributed by atoms with Gasteiger partial charge in [0.2, 0.25) is 11.8 Å². The zero-order chi connectivity index (χ0) is 105. The number of nitrogens with zero attached hydrogens (tertiary/aromatic N) is 2. The normalized spacial score (nSPS) is 18.3. The van der Waals surface area contributed by atoms with Gasteiger partial charge in [0, 0.05) is 114 Å². The first-order valence-electron chi connectivity index (χ1n) is 44.0. The molecule has 750 valence electrons. The van der Waals surface area contributed by atoms with Crippen LogP contribution in [0.4, 0.5) is 34.1 Å². The Labute approximate surface area is 884 Å². The molecule has 12 aromatic carbocycles. The molecular formula is C109H94Cl10N6O20. The first-order valence-corrected chi connectivity index (χ1v) is 47.8. The van der Waals surface area contributed by atoms with Crippen molar-refractivity contribution in [3.63, 3.8) is 0 Å². The molecule has 26 nitrogen and oxygen atoms in total. The van der Waals surface area contributed by atoms with Crippen LogP contribution < -0.4 is 40.5 Å². The van der Waals surface area contributed by atoms with Gasteiger partial charge in [-0.3, -0.25) is 57.5 Å². The van der Waals surface area contributed by atoms with Gasteiger partial charge in [0.1, 0.15) is 22.3 Å². The Balaban J connectivity index is 0.000000155. The van der Waals surface area contributed by atoms with E-state index >= 15 is 0 Å². The summed E-state index contributed by atoms with van der Waals surface area (Å²) in [5.74, 6) is -4.17. The molecule has 0 saturated heterocycles. The molecule has 6 aliphatic heterocycles. The number of aryl methyl sites for hydroxylation is 5. The third-order valence-electron chi connectivity index (χ3n) is 25.2. The third-order valence-corrected chi connectivity index (χ3v) is 28.4. The van der Waals surface area contributed by atoms with Gasteiger partial charge in [-0.25, -0.2) is 0 Å². The predicted octanol–water partition coefficient (Wildman–Crippen LogP) is 21.8. The molecule has 18 rings (SSSR count). The number of carbonyl (C=O) groups is 12. The number of methoxy groups -OCH3 is 2. The summed E-state index contributed by atoms with van der Waals surface area (Å²) >= 11 is 61.6. The van der Waals surface area contributed by atoms with Crippen molar-refractivity contribution in [3.05, 3.63) is 375 Å². The van der Waals surface area contributed by atoms with Crippen molar-refractivity contribution in [1.82, 2.24) is 0 Å². The van der Waals surface area contributed by atoms with E-state index in [2.05, 4.69) is 21.3 Å². The van der Waals surface area contributed by atoms with Crippen LogP contribution in [0, 0.1) is 34.6 Å². The van der Waals surface area contributed by atoms with Crippen LogP contribution in [0.2, 0.25) is 50.2 Å². The van der Waals surface area contributed by atoms with Gasteiger partial charge in [-0.15, -0.1) is 0 Å². The van der Waals surface area contributed by atoms with E-state index in [0.717, 1.165) is 27.8 Å². The molecule has 36 heteroatoms. The summed E-state index contributed by atoms with van der Waals surface area (Å²) in [4.78, 5) is 153. The summed E-state index contributed by atoms with van der Waals surface area (Å²) in [6.45, 7) is 8.13. The van der Waals surface area contributed by atoms with Crippen LogP contribution in [0.5, 0.6) is 11.5 Å². The lowest BCUT2D eigenvalue weighted by Gasteiger charge is -2.25. The zero-order valence-corrected chi connectivity index (χ0v) is 85.7. The van der Waals surface area contributed by atoms with E-state index in [1.54, 1.807) is 183 Å². The Bertz CT molecular complexity index is 7260. The average Bonchev–Trinajstić information content (AvgIpc) is 1.54. The number of carbonyl (C=O) groups excluding carboxylic acids is 12. The number of fused-ring (bicyclic) bond motifs is 6. The molecule has 0 fully saturated rings. The van der Waals surface area contributed by atoms with Crippen LogP contribution in [-0.4, -0.2) is 142 Å². The van der Waals surface area contributed by atoms with Gasteiger partial charge < -0.3 is 71.2 Å². The maximum atomic E-state index is 12.9. The van der Waals surface area contributed by atoms with Gasteiger partial charge in [0.25, 0.3) is 23.6 Å². The highest BCUT2D eigenvalue weighted by atomic mass is 35.5. The van der Waals surface area contributed by atoms with Gasteiger partial charge in [-0.1, -0.05) is 279 Å². The first-order chi connectivity index (χ1) is 68.2. The van der Waals surface area contributed by atoms with E-state index in [1.165, 1.54) is 55.3 Å². The van der Waals surface area contributed by atoms with Crippen molar-refractivity contribution in [3.8, 4) is 11.5 Å². The maximum Gasteiger partial charge on any atom is 0.264 e. The van der Waals surface area contributed by atoms with E-state index < -0.39 is 83.7 Å². The van der Waals surface area contributed by atoms with E-state index in [4.69, 9.17) is 125 Å². The summed E-state index contributed by atoms with van der Waals surface area (Å²) in [5.41, 5.74) is 3.30. The fourth-order valence-corrected chi connectivity index (χ4v) is 20.1. The molecule has 6 aliphatic rings. The summed E-state index contributed by atoms with van der Waals surface area (Å²) in [6, 6.07) is 60.3. The summed E-state index contributed by atoms with van der Waals surface area (Å²) in [6.07, 6.45) is -0.331. The molecule has 6 heterocycles. The van der Waals surface area contributed by atoms with Crippen molar-refractivity contribution >= 4 is 226 Å². The second-order valence-electron chi connectivity index (χ2n) is 34.8. The number of aliphatic hydroxyl groups is 6. The molecule has 5 unspecified atom stereocenters. The number of rotatable bonds is 22. The van der Waals surface area contributed by atoms with Crippen LogP contribution in [-0.2, 0) is 63.0 Å². The third kappa shape index (κ3) is 22.3. The van der Waals surface area contributed by atoms with E-state index in [0.29, 0.717) is 126 Å². The number of ether oxygens (including phenoxy) is 2. The molecule has 0 bridgehead atoms. The number of hydrogen-bond donors (Lipinski definition) is 10. The van der Waals surface area contributed by atoms with Crippen molar-refractivity contribution in [2.75, 3.05) is 72.6 Å². The maximum absolute atomic E-state index is 12.9. The largest absolute Gasteiger partial charge is 0.497 e. The lowest BCUT2D eigenvalue weighted by atomic mass is 9.77. The van der Waals surface area contributed by atoms with Gasteiger partial charge in [0.15, 0.2) is 51.5 Å². The molecule has 0 spiro atoms. The van der Waals surface area contributed by atoms with Crippen LogP contribution in [0.25, 0.3) is 5.57 Å². The number of Topliss-reactive ketones (excluding diaryl/α,β-unsaturated/α-hetero) is 5. The smallest absolute Gasteiger partial charge is 0.264 e. The number of hydrogen-bond acceptors (Lipinski definition) is 20. The molecule has 12 aromatic rings. The van der Waals surface area contributed by atoms with Crippen molar-refractivity contribution in [1.29, 1.82) is 0 Å².